The van der Waals surface area contributed by atoms with Crippen LogP contribution in [0.1, 0.15) is 58.6 Å². The van der Waals surface area contributed by atoms with Gasteiger partial charge in [-0.15, -0.1) is 11.8 Å². The second kappa shape index (κ2) is 9.04. The zero-order valence-electron chi connectivity index (χ0n) is 17.5. The van der Waals surface area contributed by atoms with Crippen molar-refractivity contribution in [2.75, 3.05) is 6.54 Å². The summed E-state index contributed by atoms with van der Waals surface area (Å²) in [4.78, 5) is 17.6. The lowest BCUT2D eigenvalue weighted by Gasteiger charge is -2.30. The molecule has 0 bridgehead atoms. The molecule has 1 aromatic carbocycles. The average molecular weight is 422 g/mol. The molecule has 0 saturated heterocycles. The van der Waals surface area contributed by atoms with Crippen molar-refractivity contribution < 1.29 is 9.32 Å². The average Bonchev–Trinajstić information content (AvgIpc) is 3.39. The van der Waals surface area contributed by atoms with E-state index >= 15 is 0 Å². The number of hydrogen-bond donors (Lipinski definition) is 1. The second-order valence-electron chi connectivity index (χ2n) is 7.98. The van der Waals surface area contributed by atoms with Crippen LogP contribution in [0, 0.1) is 13.8 Å². The van der Waals surface area contributed by atoms with Crippen LogP contribution in [-0.2, 0) is 11.2 Å². The molecule has 5 nitrogen and oxygen atoms in total. The molecule has 0 radical (unpaired) electrons. The highest BCUT2D eigenvalue weighted by molar-refractivity contribution is 7.98. The molecule has 6 heteroatoms. The van der Waals surface area contributed by atoms with Gasteiger partial charge in [-0.3, -0.25) is 4.79 Å². The Balaban J connectivity index is 1.47. The zero-order valence-corrected chi connectivity index (χ0v) is 18.3. The molecule has 1 N–H and O–H groups in total. The van der Waals surface area contributed by atoms with Gasteiger partial charge in [-0.1, -0.05) is 48.3 Å². The van der Waals surface area contributed by atoms with Crippen LogP contribution in [0.4, 0.5) is 0 Å². The van der Waals surface area contributed by atoms with Crippen LogP contribution < -0.4 is 5.32 Å². The van der Waals surface area contributed by atoms with Gasteiger partial charge in [0.2, 0.25) is 0 Å². The van der Waals surface area contributed by atoms with Gasteiger partial charge in [0.15, 0.2) is 0 Å². The monoisotopic (exact) mass is 421 g/mol. The van der Waals surface area contributed by atoms with Crippen LogP contribution >= 0.6 is 11.8 Å². The van der Waals surface area contributed by atoms with Crippen molar-refractivity contribution in [3.63, 3.8) is 0 Å². The summed E-state index contributed by atoms with van der Waals surface area (Å²) in [5.74, 6) is 1.42. The third-order valence-corrected chi connectivity index (χ3v) is 7.12. The highest BCUT2D eigenvalue weighted by Crippen LogP contribution is 2.40. The van der Waals surface area contributed by atoms with Gasteiger partial charge in [-0.2, -0.15) is 0 Å². The summed E-state index contributed by atoms with van der Waals surface area (Å²) in [6.07, 6.45) is 6.36. The molecule has 2 heterocycles. The first-order valence-corrected chi connectivity index (χ1v) is 11.4. The number of rotatable bonds is 7. The zero-order chi connectivity index (χ0) is 21.0. The predicted octanol–water partition coefficient (Wildman–Crippen LogP) is 5.22. The molecule has 1 aliphatic rings. The fourth-order valence-corrected chi connectivity index (χ4v) is 5.43. The maximum Gasteiger partial charge on any atom is 0.254 e. The molecule has 4 rings (SSSR count). The van der Waals surface area contributed by atoms with Crippen LogP contribution in [0.5, 0.6) is 0 Å². The van der Waals surface area contributed by atoms with Gasteiger partial charge in [0.05, 0.1) is 11.3 Å². The Morgan fingerprint density at radius 2 is 1.90 bits per heavy atom. The molecular formula is C24H27N3O2S. The maximum absolute atomic E-state index is 13.1. The smallest absolute Gasteiger partial charge is 0.254 e. The molecule has 1 saturated carbocycles. The minimum Gasteiger partial charge on any atom is -0.361 e. The van der Waals surface area contributed by atoms with Crippen molar-refractivity contribution in [1.82, 2.24) is 15.5 Å². The lowest BCUT2D eigenvalue weighted by molar-refractivity contribution is 0.0939. The largest absolute Gasteiger partial charge is 0.361 e. The van der Waals surface area contributed by atoms with Crippen LogP contribution in [0.2, 0.25) is 0 Å². The van der Waals surface area contributed by atoms with E-state index in [1.54, 1.807) is 18.0 Å². The fraction of sp³-hybridized carbons (Fsp3) is 0.375. The Morgan fingerprint density at radius 1 is 1.13 bits per heavy atom. The Hall–Kier alpha value is -2.60. The number of benzene rings is 1. The Kier molecular flexibility index (Phi) is 6.23. The summed E-state index contributed by atoms with van der Waals surface area (Å²) in [7, 11) is 0. The summed E-state index contributed by atoms with van der Waals surface area (Å²) in [6, 6.07) is 14.3. The van der Waals surface area contributed by atoms with E-state index in [2.05, 4.69) is 39.7 Å². The molecule has 3 aromatic rings. The standard InChI is InChI=1S/C24H27N3O2S/c1-17-21(18(2)29-27-17)15-30-23-20(11-8-14-25-23)22(28)26-16-24(12-6-7-13-24)19-9-4-3-5-10-19/h3-5,8-11,14H,6-7,12-13,15-16H2,1-2H3,(H,26,28). The minimum atomic E-state index is -0.0634. The number of nitrogens with one attached hydrogen (secondary N) is 1. The van der Waals surface area contributed by atoms with Crippen molar-refractivity contribution in [3.05, 3.63) is 76.8 Å². The molecule has 30 heavy (non-hydrogen) atoms. The second-order valence-corrected chi connectivity index (χ2v) is 8.95. The maximum atomic E-state index is 13.1. The van der Waals surface area contributed by atoms with E-state index in [4.69, 9.17) is 4.52 Å². The molecule has 0 atom stereocenters. The fourth-order valence-electron chi connectivity index (χ4n) is 4.28. The summed E-state index contributed by atoms with van der Waals surface area (Å²) in [6.45, 7) is 4.49. The molecule has 156 valence electrons. The number of carbonyl (C=O) groups excluding carboxylic acids is 1. The van der Waals surface area contributed by atoms with Crippen LogP contribution in [0.15, 0.2) is 58.2 Å². The Morgan fingerprint density at radius 3 is 2.60 bits per heavy atom. The highest BCUT2D eigenvalue weighted by atomic mass is 32.2. The number of thioether (sulfide) groups is 1. The lowest BCUT2D eigenvalue weighted by Crippen LogP contribution is -2.39. The molecule has 0 unspecified atom stereocenters. The molecule has 1 amide bonds. The van der Waals surface area contributed by atoms with Gasteiger partial charge < -0.3 is 9.84 Å². The first-order chi connectivity index (χ1) is 14.6. The van der Waals surface area contributed by atoms with Gasteiger partial charge in [-0.25, -0.2) is 4.98 Å². The number of hydrogen-bond acceptors (Lipinski definition) is 5. The van der Waals surface area contributed by atoms with Crippen molar-refractivity contribution in [2.45, 2.75) is 55.7 Å². The Labute approximate surface area is 181 Å². The third-order valence-electron chi connectivity index (χ3n) is 6.08. The van der Waals surface area contributed by atoms with Gasteiger partial charge in [-0.05, 0) is 44.4 Å². The van der Waals surface area contributed by atoms with E-state index < -0.39 is 0 Å². The summed E-state index contributed by atoms with van der Waals surface area (Å²) >= 11 is 1.54. The van der Waals surface area contributed by atoms with Crippen LogP contribution in [0.3, 0.4) is 0 Å². The molecule has 2 aromatic heterocycles. The SMILES string of the molecule is Cc1noc(C)c1CSc1ncccc1C(=O)NCC1(c2ccccc2)CCCC1. The minimum absolute atomic E-state index is 0.0309. The normalized spacial score (nSPS) is 15.3. The third kappa shape index (κ3) is 4.29. The van der Waals surface area contributed by atoms with E-state index in [0.717, 1.165) is 34.9 Å². The van der Waals surface area contributed by atoms with Crippen LogP contribution in [-0.4, -0.2) is 22.6 Å². The molecule has 0 spiro atoms. The van der Waals surface area contributed by atoms with E-state index in [1.807, 2.05) is 32.0 Å². The summed E-state index contributed by atoms with van der Waals surface area (Å²) in [5, 5.41) is 7.95. The van der Waals surface area contributed by atoms with Gasteiger partial charge >= 0.3 is 0 Å². The molecule has 1 fully saturated rings. The Bertz CT molecular complexity index is 991. The van der Waals surface area contributed by atoms with Gasteiger partial charge in [0.1, 0.15) is 10.8 Å². The van der Waals surface area contributed by atoms with Gasteiger partial charge in [0, 0.05) is 29.5 Å². The van der Waals surface area contributed by atoms with E-state index in [9.17, 15) is 4.79 Å². The van der Waals surface area contributed by atoms with Gasteiger partial charge in [0.25, 0.3) is 5.91 Å². The topological polar surface area (TPSA) is 68.0 Å². The molecule has 1 aliphatic carbocycles. The van der Waals surface area contributed by atoms with Crippen molar-refractivity contribution in [1.29, 1.82) is 0 Å². The first-order valence-electron chi connectivity index (χ1n) is 10.4. The number of pyridine rings is 1. The highest BCUT2D eigenvalue weighted by Gasteiger charge is 2.36. The number of aromatic nitrogens is 2. The van der Waals surface area contributed by atoms with E-state index in [1.165, 1.54) is 18.4 Å². The predicted molar refractivity (Wildman–Crippen MR) is 119 cm³/mol. The quantitative estimate of drug-likeness (QED) is 0.530. The van der Waals surface area contributed by atoms with Crippen molar-refractivity contribution in [2.24, 2.45) is 0 Å². The number of nitrogens with zero attached hydrogens (tertiary/aromatic N) is 2. The number of amides is 1. The van der Waals surface area contributed by atoms with Crippen molar-refractivity contribution in [3.8, 4) is 0 Å². The first kappa shape index (κ1) is 20.7. The van der Waals surface area contributed by atoms with Crippen molar-refractivity contribution >= 4 is 17.7 Å². The summed E-state index contributed by atoms with van der Waals surface area (Å²) in [5.41, 5.74) is 3.92. The van der Waals surface area contributed by atoms with E-state index in [-0.39, 0.29) is 11.3 Å². The summed E-state index contributed by atoms with van der Waals surface area (Å²) < 4.78 is 5.25. The van der Waals surface area contributed by atoms with E-state index in [0.29, 0.717) is 17.9 Å². The molecular weight excluding hydrogens is 394 g/mol. The number of carbonyl (C=O) groups is 1. The lowest BCUT2D eigenvalue weighted by atomic mass is 9.79. The van der Waals surface area contributed by atoms with Crippen LogP contribution in [0.25, 0.3) is 0 Å². The number of aryl methyl sites for hydroxylation is 2. The molecule has 0 aliphatic heterocycles.